The van der Waals surface area contributed by atoms with Crippen molar-refractivity contribution in [2.45, 2.75) is 37.6 Å². The molecular weight excluding hydrogens is 376 g/mol. The second kappa shape index (κ2) is 7.51. The molecule has 4 heterocycles. The SMILES string of the molecule is CCn1c(N2CCNCC2)nc2nc(Sc3nc(C)cc(C)n3)n(C)c(=O)c21. The molecule has 148 valence electrons. The Bertz CT molecular complexity index is 1060. The molecule has 3 aromatic rings. The molecule has 1 N–H and O–H groups in total. The number of aryl methyl sites for hydroxylation is 3. The van der Waals surface area contributed by atoms with E-state index in [0.717, 1.165) is 43.5 Å². The van der Waals surface area contributed by atoms with Gasteiger partial charge in [-0.25, -0.2) is 15.0 Å². The van der Waals surface area contributed by atoms with Gasteiger partial charge in [-0.05, 0) is 38.6 Å². The van der Waals surface area contributed by atoms with Crippen LogP contribution in [0.5, 0.6) is 0 Å². The van der Waals surface area contributed by atoms with Crippen LogP contribution in [-0.2, 0) is 13.6 Å². The molecule has 0 radical (unpaired) electrons. The lowest BCUT2D eigenvalue weighted by Crippen LogP contribution is -2.44. The standard InChI is InChI=1S/C18H24N8OS/c1-5-26-13-14(22-17(26)25-8-6-19-7-9-25)23-18(24(4)15(13)27)28-16-20-11(2)10-12(3)21-16/h10,19H,5-9H2,1-4H3. The van der Waals surface area contributed by atoms with Gasteiger partial charge >= 0.3 is 0 Å². The highest BCUT2D eigenvalue weighted by Gasteiger charge is 2.23. The summed E-state index contributed by atoms with van der Waals surface area (Å²) in [5.41, 5.74) is 2.69. The third-order valence-electron chi connectivity index (χ3n) is 4.79. The number of hydrogen-bond acceptors (Lipinski definition) is 8. The Labute approximate surface area is 167 Å². The van der Waals surface area contributed by atoms with Crippen LogP contribution in [0, 0.1) is 13.8 Å². The maximum absolute atomic E-state index is 13.1. The summed E-state index contributed by atoms with van der Waals surface area (Å²) in [4.78, 5) is 33.6. The summed E-state index contributed by atoms with van der Waals surface area (Å²) in [5, 5.41) is 4.46. The van der Waals surface area contributed by atoms with E-state index >= 15 is 0 Å². The van der Waals surface area contributed by atoms with Crippen molar-refractivity contribution in [3.63, 3.8) is 0 Å². The minimum Gasteiger partial charge on any atom is -0.340 e. The molecule has 1 aliphatic heterocycles. The van der Waals surface area contributed by atoms with E-state index in [0.29, 0.717) is 28.0 Å². The topological polar surface area (TPSA) is 93.8 Å². The molecule has 0 unspecified atom stereocenters. The second-order valence-electron chi connectivity index (χ2n) is 6.86. The van der Waals surface area contributed by atoms with Gasteiger partial charge in [0.15, 0.2) is 21.5 Å². The van der Waals surface area contributed by atoms with Crippen LogP contribution in [0.4, 0.5) is 5.95 Å². The van der Waals surface area contributed by atoms with Gasteiger partial charge in [0.1, 0.15) is 0 Å². The van der Waals surface area contributed by atoms with Crippen LogP contribution in [0.15, 0.2) is 21.2 Å². The van der Waals surface area contributed by atoms with Crippen molar-refractivity contribution in [3.8, 4) is 0 Å². The van der Waals surface area contributed by atoms with Crippen molar-refractivity contribution in [2.75, 3.05) is 31.1 Å². The zero-order valence-electron chi connectivity index (χ0n) is 16.6. The minimum atomic E-state index is -0.104. The normalized spacial score (nSPS) is 14.8. The number of rotatable bonds is 4. The Hall–Kier alpha value is -2.46. The van der Waals surface area contributed by atoms with E-state index in [9.17, 15) is 4.79 Å². The first kappa shape index (κ1) is 18.9. The maximum Gasteiger partial charge on any atom is 0.280 e. The summed E-state index contributed by atoms with van der Waals surface area (Å²) >= 11 is 1.29. The van der Waals surface area contributed by atoms with Gasteiger partial charge in [-0.15, -0.1) is 0 Å². The first-order chi connectivity index (χ1) is 13.5. The van der Waals surface area contributed by atoms with Crippen molar-refractivity contribution in [1.29, 1.82) is 0 Å². The Balaban J connectivity index is 1.81. The summed E-state index contributed by atoms with van der Waals surface area (Å²) in [7, 11) is 1.73. The van der Waals surface area contributed by atoms with Crippen molar-refractivity contribution >= 4 is 28.9 Å². The van der Waals surface area contributed by atoms with Crippen LogP contribution >= 0.6 is 11.8 Å². The van der Waals surface area contributed by atoms with Crippen molar-refractivity contribution in [3.05, 3.63) is 27.8 Å². The fourth-order valence-corrected chi connectivity index (χ4v) is 4.34. The molecule has 1 saturated heterocycles. The number of aromatic nitrogens is 6. The Morgan fingerprint density at radius 1 is 1.11 bits per heavy atom. The van der Waals surface area contributed by atoms with Crippen LogP contribution in [0.3, 0.4) is 0 Å². The average molecular weight is 401 g/mol. The lowest BCUT2D eigenvalue weighted by molar-refractivity contribution is 0.569. The Kier molecular flexibility index (Phi) is 5.07. The average Bonchev–Trinajstić information content (AvgIpc) is 3.04. The molecule has 0 amide bonds. The molecule has 0 bridgehead atoms. The summed E-state index contributed by atoms with van der Waals surface area (Å²) < 4.78 is 3.53. The summed E-state index contributed by atoms with van der Waals surface area (Å²) in [5.74, 6) is 0.813. The molecule has 0 atom stereocenters. The van der Waals surface area contributed by atoms with E-state index in [1.54, 1.807) is 11.6 Å². The monoisotopic (exact) mass is 400 g/mol. The smallest absolute Gasteiger partial charge is 0.280 e. The Morgan fingerprint density at radius 2 is 1.79 bits per heavy atom. The summed E-state index contributed by atoms with van der Waals surface area (Å²) in [6.45, 7) is 10.1. The highest BCUT2D eigenvalue weighted by atomic mass is 32.2. The molecule has 0 aromatic carbocycles. The fraction of sp³-hybridized carbons (Fsp3) is 0.500. The number of piperazine rings is 1. The lowest BCUT2D eigenvalue weighted by Gasteiger charge is -2.28. The van der Waals surface area contributed by atoms with Crippen LogP contribution in [0.1, 0.15) is 18.3 Å². The first-order valence-electron chi connectivity index (χ1n) is 9.41. The third kappa shape index (κ3) is 3.37. The first-order valence-corrected chi connectivity index (χ1v) is 10.2. The zero-order chi connectivity index (χ0) is 19.8. The zero-order valence-corrected chi connectivity index (χ0v) is 17.4. The van der Waals surface area contributed by atoms with Gasteiger partial charge in [-0.3, -0.25) is 9.36 Å². The molecule has 1 fully saturated rings. The van der Waals surface area contributed by atoms with E-state index in [1.807, 2.05) is 31.4 Å². The van der Waals surface area contributed by atoms with Crippen molar-refractivity contribution in [1.82, 2.24) is 34.4 Å². The quantitative estimate of drug-likeness (QED) is 0.651. The van der Waals surface area contributed by atoms with Gasteiger partial charge in [0.25, 0.3) is 5.56 Å². The Morgan fingerprint density at radius 3 is 2.43 bits per heavy atom. The molecule has 1 aliphatic rings. The predicted octanol–water partition coefficient (Wildman–Crippen LogP) is 1.12. The van der Waals surface area contributed by atoms with Gasteiger partial charge in [0.2, 0.25) is 5.95 Å². The number of anilines is 1. The predicted molar refractivity (Wildman–Crippen MR) is 109 cm³/mol. The summed E-state index contributed by atoms with van der Waals surface area (Å²) in [6, 6.07) is 1.92. The number of hydrogen-bond donors (Lipinski definition) is 1. The van der Waals surface area contributed by atoms with Gasteiger partial charge in [0, 0.05) is 51.2 Å². The molecular formula is C18H24N8OS. The van der Waals surface area contributed by atoms with Crippen LogP contribution in [-0.4, -0.2) is 55.2 Å². The molecule has 0 aliphatic carbocycles. The van der Waals surface area contributed by atoms with E-state index in [2.05, 4.69) is 25.2 Å². The molecule has 9 nitrogen and oxygen atoms in total. The minimum absolute atomic E-state index is 0.104. The van der Waals surface area contributed by atoms with Crippen LogP contribution < -0.4 is 15.8 Å². The lowest BCUT2D eigenvalue weighted by atomic mass is 10.4. The largest absolute Gasteiger partial charge is 0.340 e. The molecule has 3 aromatic heterocycles. The number of nitrogens with one attached hydrogen (secondary N) is 1. The highest BCUT2D eigenvalue weighted by Crippen LogP contribution is 2.25. The number of imidazole rings is 1. The fourth-order valence-electron chi connectivity index (χ4n) is 3.45. The molecule has 0 saturated carbocycles. The summed E-state index contributed by atoms with van der Waals surface area (Å²) in [6.07, 6.45) is 0. The molecule has 28 heavy (non-hydrogen) atoms. The van der Waals surface area contributed by atoms with Crippen molar-refractivity contribution < 1.29 is 0 Å². The second-order valence-corrected chi connectivity index (χ2v) is 7.79. The van der Waals surface area contributed by atoms with E-state index in [-0.39, 0.29) is 5.56 Å². The van der Waals surface area contributed by atoms with Gasteiger partial charge in [0.05, 0.1) is 0 Å². The molecule has 10 heteroatoms. The van der Waals surface area contributed by atoms with Crippen molar-refractivity contribution in [2.24, 2.45) is 7.05 Å². The highest BCUT2D eigenvalue weighted by molar-refractivity contribution is 7.99. The van der Waals surface area contributed by atoms with Crippen LogP contribution in [0.2, 0.25) is 0 Å². The van der Waals surface area contributed by atoms with E-state index in [1.165, 1.54) is 11.8 Å². The third-order valence-corrected chi connectivity index (χ3v) is 5.70. The van der Waals surface area contributed by atoms with E-state index in [4.69, 9.17) is 4.98 Å². The maximum atomic E-state index is 13.1. The van der Waals surface area contributed by atoms with Crippen LogP contribution in [0.25, 0.3) is 11.2 Å². The number of nitrogens with zero attached hydrogens (tertiary/aromatic N) is 7. The number of fused-ring (bicyclic) bond motifs is 1. The molecule has 0 spiro atoms. The van der Waals surface area contributed by atoms with E-state index < -0.39 is 0 Å². The van der Waals surface area contributed by atoms with Gasteiger partial charge in [-0.2, -0.15) is 4.98 Å². The van der Waals surface area contributed by atoms with Gasteiger partial charge < -0.3 is 14.8 Å². The molecule has 4 rings (SSSR count). The van der Waals surface area contributed by atoms with Gasteiger partial charge in [-0.1, -0.05) is 0 Å².